The van der Waals surface area contributed by atoms with Crippen LogP contribution in [0.4, 0.5) is 4.39 Å². The molecule has 0 aromatic rings. The summed E-state index contributed by atoms with van der Waals surface area (Å²) in [7, 11) is 0. The molecule has 2 rings (SSSR count). The van der Waals surface area contributed by atoms with Crippen molar-refractivity contribution in [1.29, 1.82) is 5.41 Å². The summed E-state index contributed by atoms with van der Waals surface area (Å²) in [6.07, 6.45) is 0.0412. The quantitative estimate of drug-likeness (QED) is 0.577. The van der Waals surface area contributed by atoms with E-state index in [-0.39, 0.29) is 24.4 Å². The minimum atomic E-state index is -0.683. The normalized spacial score (nSPS) is 46.9. The molecule has 0 bridgehead atoms. The van der Waals surface area contributed by atoms with Gasteiger partial charge in [0.25, 0.3) is 0 Å². The second-order valence-corrected chi connectivity index (χ2v) is 3.35. The Balaban J connectivity index is 0.000000605. The van der Waals surface area contributed by atoms with Gasteiger partial charge in [-0.05, 0) is 5.92 Å². The third-order valence-corrected chi connectivity index (χ3v) is 2.51. The number of halogens is 2. The molecular formula is C7H12ClFN2. The molecule has 2 aliphatic rings. The van der Waals surface area contributed by atoms with Crippen molar-refractivity contribution in [3.05, 3.63) is 0 Å². The molecule has 4 unspecified atom stereocenters. The lowest BCUT2D eigenvalue weighted by molar-refractivity contribution is 0.393. The zero-order valence-electron chi connectivity index (χ0n) is 6.30. The molecule has 2 nitrogen and oxygen atoms in total. The second-order valence-electron chi connectivity index (χ2n) is 3.35. The van der Waals surface area contributed by atoms with E-state index in [0.29, 0.717) is 11.8 Å². The summed E-state index contributed by atoms with van der Waals surface area (Å²) in [6.45, 7) is 2.02. The predicted octanol–water partition coefficient (Wildman–Crippen LogP) is 1.35. The first-order chi connectivity index (χ1) is 4.70. The molecule has 1 aliphatic carbocycles. The maximum Gasteiger partial charge on any atom is 0.126 e. The van der Waals surface area contributed by atoms with Gasteiger partial charge in [-0.3, -0.25) is 5.41 Å². The lowest BCUT2D eigenvalue weighted by atomic mass is 9.98. The van der Waals surface area contributed by atoms with Gasteiger partial charge in [-0.2, -0.15) is 0 Å². The highest BCUT2D eigenvalue weighted by atomic mass is 35.5. The van der Waals surface area contributed by atoms with Gasteiger partial charge in [0.05, 0.1) is 11.9 Å². The Morgan fingerprint density at radius 1 is 1.64 bits per heavy atom. The topological polar surface area (TPSA) is 35.9 Å². The van der Waals surface area contributed by atoms with Crippen LogP contribution >= 0.6 is 12.4 Å². The van der Waals surface area contributed by atoms with Crippen molar-refractivity contribution >= 4 is 18.2 Å². The number of fused-ring (bicyclic) bond motifs is 1. The Hall–Kier alpha value is -0.310. The Labute approximate surface area is 71.5 Å². The van der Waals surface area contributed by atoms with Crippen LogP contribution in [0.2, 0.25) is 0 Å². The van der Waals surface area contributed by atoms with Crippen molar-refractivity contribution in [2.24, 2.45) is 11.8 Å². The molecule has 0 spiro atoms. The smallest absolute Gasteiger partial charge is 0.126 e. The first kappa shape index (κ1) is 8.78. The van der Waals surface area contributed by atoms with E-state index in [9.17, 15) is 4.39 Å². The summed E-state index contributed by atoms with van der Waals surface area (Å²) < 4.78 is 12.7. The van der Waals surface area contributed by atoms with Crippen molar-refractivity contribution < 1.29 is 4.39 Å². The third-order valence-electron chi connectivity index (χ3n) is 2.51. The van der Waals surface area contributed by atoms with Gasteiger partial charge in [-0.1, -0.05) is 6.92 Å². The minimum absolute atomic E-state index is 0. The highest BCUT2D eigenvalue weighted by Crippen LogP contribution is 2.44. The molecule has 4 heteroatoms. The van der Waals surface area contributed by atoms with Gasteiger partial charge in [0.2, 0.25) is 0 Å². The number of piperidine rings is 1. The van der Waals surface area contributed by atoms with Crippen molar-refractivity contribution in [3.63, 3.8) is 0 Å². The summed E-state index contributed by atoms with van der Waals surface area (Å²) in [5, 5.41) is 10.1. The molecule has 4 atom stereocenters. The largest absolute Gasteiger partial charge is 0.368 e. The van der Waals surface area contributed by atoms with Gasteiger partial charge >= 0.3 is 0 Å². The molecule has 0 amide bonds. The maximum absolute atomic E-state index is 12.7. The van der Waals surface area contributed by atoms with Crippen LogP contribution in [0.25, 0.3) is 0 Å². The van der Waals surface area contributed by atoms with Gasteiger partial charge in [0, 0.05) is 12.3 Å². The van der Waals surface area contributed by atoms with Gasteiger partial charge < -0.3 is 5.32 Å². The fourth-order valence-corrected chi connectivity index (χ4v) is 1.86. The van der Waals surface area contributed by atoms with E-state index < -0.39 is 6.17 Å². The molecular weight excluding hydrogens is 167 g/mol. The van der Waals surface area contributed by atoms with E-state index in [1.54, 1.807) is 0 Å². The van der Waals surface area contributed by atoms with Crippen molar-refractivity contribution in [2.45, 2.75) is 25.6 Å². The molecule has 2 fully saturated rings. The summed E-state index contributed by atoms with van der Waals surface area (Å²) in [5.41, 5.74) is 0. The van der Waals surface area contributed by atoms with Crippen LogP contribution in [-0.2, 0) is 0 Å². The molecule has 1 heterocycles. The number of hydrogen-bond donors (Lipinski definition) is 2. The SMILES string of the molecule is CC1CC(=N)NC2C(F)C12.Cl. The molecule has 11 heavy (non-hydrogen) atoms. The van der Waals surface area contributed by atoms with Crippen molar-refractivity contribution in [1.82, 2.24) is 5.32 Å². The molecule has 0 radical (unpaired) electrons. The Bertz CT molecular complexity index is 175. The fourth-order valence-electron chi connectivity index (χ4n) is 1.86. The van der Waals surface area contributed by atoms with Crippen LogP contribution in [0.5, 0.6) is 0 Å². The van der Waals surface area contributed by atoms with E-state index in [4.69, 9.17) is 5.41 Å². The highest BCUT2D eigenvalue weighted by Gasteiger charge is 2.56. The summed E-state index contributed by atoms with van der Waals surface area (Å²) >= 11 is 0. The average molecular weight is 179 g/mol. The number of hydrogen-bond acceptors (Lipinski definition) is 1. The van der Waals surface area contributed by atoms with Crippen LogP contribution < -0.4 is 5.32 Å². The number of alkyl halides is 1. The predicted molar refractivity (Wildman–Crippen MR) is 44.1 cm³/mol. The monoisotopic (exact) mass is 178 g/mol. The van der Waals surface area contributed by atoms with E-state index in [2.05, 4.69) is 5.32 Å². The molecule has 2 N–H and O–H groups in total. The minimum Gasteiger partial charge on any atom is -0.368 e. The molecule has 0 aromatic heterocycles. The summed E-state index contributed by atoms with van der Waals surface area (Å²) in [4.78, 5) is 0. The Morgan fingerprint density at radius 3 is 2.82 bits per heavy atom. The van der Waals surface area contributed by atoms with Gasteiger partial charge in [-0.15, -0.1) is 12.4 Å². The Kier molecular flexibility index (Phi) is 2.10. The molecule has 1 saturated heterocycles. The van der Waals surface area contributed by atoms with E-state index in [0.717, 1.165) is 6.42 Å². The van der Waals surface area contributed by atoms with Crippen molar-refractivity contribution in [3.8, 4) is 0 Å². The standard InChI is InChI=1S/C7H11FN2.ClH/c1-3-2-4(9)10-7-5(3)6(7)8;/h3,5-7H,2H2,1H3,(H2,9,10);1H. The highest BCUT2D eigenvalue weighted by molar-refractivity contribution is 5.85. The van der Waals surface area contributed by atoms with Crippen LogP contribution in [0.3, 0.4) is 0 Å². The van der Waals surface area contributed by atoms with Gasteiger partial charge in [-0.25, -0.2) is 4.39 Å². The van der Waals surface area contributed by atoms with E-state index in [1.165, 1.54) is 0 Å². The Morgan fingerprint density at radius 2 is 2.27 bits per heavy atom. The summed E-state index contributed by atoms with van der Waals surface area (Å²) in [5.74, 6) is 1.08. The van der Waals surface area contributed by atoms with Crippen LogP contribution in [0.15, 0.2) is 0 Å². The zero-order valence-corrected chi connectivity index (χ0v) is 7.12. The lowest BCUT2D eigenvalue weighted by Crippen LogP contribution is -2.33. The summed E-state index contributed by atoms with van der Waals surface area (Å²) in [6, 6.07) is -0.0174. The van der Waals surface area contributed by atoms with Crippen LogP contribution in [0, 0.1) is 17.2 Å². The molecule has 1 saturated carbocycles. The number of rotatable bonds is 0. The number of nitrogens with one attached hydrogen (secondary N) is 2. The molecule has 0 aromatic carbocycles. The lowest BCUT2D eigenvalue weighted by Gasteiger charge is -2.17. The zero-order chi connectivity index (χ0) is 7.30. The average Bonchev–Trinajstić information content (AvgIpc) is 2.42. The third kappa shape index (κ3) is 1.22. The fraction of sp³-hybridized carbons (Fsp3) is 0.857. The van der Waals surface area contributed by atoms with E-state index >= 15 is 0 Å². The molecule has 64 valence electrons. The van der Waals surface area contributed by atoms with Gasteiger partial charge in [0.1, 0.15) is 6.17 Å². The maximum atomic E-state index is 12.7. The number of amidine groups is 1. The van der Waals surface area contributed by atoms with E-state index in [1.807, 2.05) is 6.92 Å². The van der Waals surface area contributed by atoms with Crippen LogP contribution in [0.1, 0.15) is 13.3 Å². The molecule has 1 aliphatic heterocycles. The first-order valence-electron chi connectivity index (χ1n) is 3.68. The van der Waals surface area contributed by atoms with Crippen molar-refractivity contribution in [2.75, 3.05) is 0 Å². The second kappa shape index (κ2) is 2.63. The van der Waals surface area contributed by atoms with Crippen LogP contribution in [-0.4, -0.2) is 18.0 Å². The van der Waals surface area contributed by atoms with Gasteiger partial charge in [0.15, 0.2) is 0 Å². The first-order valence-corrected chi connectivity index (χ1v) is 3.68.